The van der Waals surface area contributed by atoms with Gasteiger partial charge in [0, 0.05) is 37.0 Å². The van der Waals surface area contributed by atoms with Gasteiger partial charge in [0.25, 0.3) is 0 Å². The van der Waals surface area contributed by atoms with Gasteiger partial charge in [-0.1, -0.05) is 24.6 Å². The van der Waals surface area contributed by atoms with Crippen LogP contribution in [0.1, 0.15) is 44.0 Å². The van der Waals surface area contributed by atoms with Gasteiger partial charge in [-0.15, -0.1) is 0 Å². The number of fused-ring (bicyclic) bond motifs is 3. The van der Waals surface area contributed by atoms with Crippen molar-refractivity contribution in [3.05, 3.63) is 47.1 Å². The number of hydrogen-bond donors (Lipinski definition) is 1. The average Bonchev–Trinajstić information content (AvgIpc) is 2.62. The lowest BCUT2D eigenvalue weighted by molar-refractivity contribution is -0.196. The average molecular weight is 368 g/mol. The maximum absolute atomic E-state index is 13.4. The molecule has 0 amide bonds. The number of hydrogen-bond acceptors (Lipinski definition) is 5. The van der Waals surface area contributed by atoms with Gasteiger partial charge in [0.2, 0.25) is 0 Å². The maximum atomic E-state index is 13.4. The fourth-order valence-electron chi connectivity index (χ4n) is 5.01. The van der Waals surface area contributed by atoms with Crippen molar-refractivity contribution in [1.29, 1.82) is 0 Å². The number of allylic oxidation sites excluding steroid dienone is 2. The van der Waals surface area contributed by atoms with Crippen LogP contribution in [0.2, 0.25) is 0 Å². The second-order valence-electron chi connectivity index (χ2n) is 8.05. The fourth-order valence-corrected chi connectivity index (χ4v) is 5.01. The van der Waals surface area contributed by atoms with Crippen molar-refractivity contribution >= 4 is 11.6 Å². The summed E-state index contributed by atoms with van der Waals surface area (Å²) in [4.78, 5) is 26.7. The number of carbonyl (C=O) groups is 2. The van der Waals surface area contributed by atoms with Crippen molar-refractivity contribution in [2.24, 2.45) is 11.8 Å². The molecule has 3 aliphatic carbocycles. The van der Waals surface area contributed by atoms with Gasteiger partial charge in [0.15, 0.2) is 22.8 Å². The Bertz CT molecular complexity index is 907. The molecule has 1 saturated carbocycles. The molecule has 1 spiro atoms. The molecular formula is C22H24O5. The Morgan fingerprint density at radius 2 is 2.11 bits per heavy atom. The molecule has 0 aromatic heterocycles. The summed E-state index contributed by atoms with van der Waals surface area (Å²) in [5.41, 5.74) is -0.486. The minimum absolute atomic E-state index is 0.0150. The van der Waals surface area contributed by atoms with Crippen molar-refractivity contribution in [3.63, 3.8) is 0 Å². The Kier molecular flexibility index (Phi) is 3.86. The number of carbonyl (C=O) groups excluding carboxylic acids is 2. The van der Waals surface area contributed by atoms with Crippen LogP contribution in [0.25, 0.3) is 0 Å². The molecule has 0 saturated heterocycles. The van der Waals surface area contributed by atoms with Gasteiger partial charge < -0.3 is 14.6 Å². The molecule has 4 atom stereocenters. The SMILES string of the molecule is COC1(CC=C(C)C)C(=O)C2C=C3C(=O)c4ccc(O)cc4OC31C(C)C2. The van der Waals surface area contributed by atoms with E-state index in [0.29, 0.717) is 29.7 Å². The van der Waals surface area contributed by atoms with E-state index in [1.807, 2.05) is 26.8 Å². The van der Waals surface area contributed by atoms with E-state index in [1.165, 1.54) is 19.2 Å². The Labute approximate surface area is 158 Å². The van der Waals surface area contributed by atoms with Crippen LogP contribution in [0.5, 0.6) is 11.5 Å². The van der Waals surface area contributed by atoms with Crippen molar-refractivity contribution < 1.29 is 24.2 Å². The molecule has 142 valence electrons. The van der Waals surface area contributed by atoms with Gasteiger partial charge in [-0.3, -0.25) is 9.59 Å². The van der Waals surface area contributed by atoms with E-state index < -0.39 is 11.2 Å². The van der Waals surface area contributed by atoms with Crippen LogP contribution in [0.3, 0.4) is 0 Å². The Hall–Kier alpha value is -2.40. The summed E-state index contributed by atoms with van der Waals surface area (Å²) in [5, 5.41) is 9.90. The molecule has 5 heteroatoms. The van der Waals surface area contributed by atoms with Gasteiger partial charge >= 0.3 is 0 Å². The molecule has 1 aliphatic heterocycles. The van der Waals surface area contributed by atoms with Gasteiger partial charge in [-0.25, -0.2) is 0 Å². The molecule has 4 unspecified atom stereocenters. The highest BCUT2D eigenvalue weighted by atomic mass is 16.6. The first-order valence-corrected chi connectivity index (χ1v) is 9.28. The zero-order valence-electron chi connectivity index (χ0n) is 16.0. The van der Waals surface area contributed by atoms with E-state index in [0.717, 1.165) is 5.57 Å². The maximum Gasteiger partial charge on any atom is 0.196 e. The van der Waals surface area contributed by atoms with E-state index >= 15 is 0 Å². The molecule has 5 rings (SSSR count). The number of ketones is 2. The highest BCUT2D eigenvalue weighted by Gasteiger charge is 2.72. The van der Waals surface area contributed by atoms with Gasteiger partial charge in [0.05, 0.1) is 5.56 Å². The van der Waals surface area contributed by atoms with Crippen LogP contribution in [0, 0.1) is 11.8 Å². The number of ether oxygens (including phenoxy) is 2. The highest BCUT2D eigenvalue weighted by Crippen LogP contribution is 2.59. The summed E-state index contributed by atoms with van der Waals surface area (Å²) in [7, 11) is 1.52. The zero-order chi connectivity index (χ0) is 19.6. The fraction of sp³-hybridized carbons (Fsp3) is 0.455. The number of rotatable bonds is 3. The number of benzene rings is 1. The Balaban J connectivity index is 2.00. The van der Waals surface area contributed by atoms with Crippen LogP contribution >= 0.6 is 0 Å². The van der Waals surface area contributed by atoms with Crippen LogP contribution in [0.15, 0.2) is 41.5 Å². The molecule has 1 N–H and O–H groups in total. The van der Waals surface area contributed by atoms with E-state index in [9.17, 15) is 14.7 Å². The molecule has 2 bridgehead atoms. The quantitative estimate of drug-likeness (QED) is 0.825. The second kappa shape index (κ2) is 5.80. The molecule has 27 heavy (non-hydrogen) atoms. The second-order valence-corrected chi connectivity index (χ2v) is 8.05. The first-order chi connectivity index (χ1) is 12.8. The summed E-state index contributed by atoms with van der Waals surface area (Å²) in [6.07, 6.45) is 4.70. The normalized spacial score (nSPS) is 33.7. The topological polar surface area (TPSA) is 72.8 Å². The molecule has 4 aliphatic rings. The molecular weight excluding hydrogens is 344 g/mol. The van der Waals surface area contributed by atoms with Gasteiger partial charge in [0.1, 0.15) is 11.5 Å². The molecule has 1 aromatic carbocycles. The van der Waals surface area contributed by atoms with Crippen molar-refractivity contribution in [3.8, 4) is 11.5 Å². The predicted molar refractivity (Wildman–Crippen MR) is 99.9 cm³/mol. The van der Waals surface area contributed by atoms with Crippen molar-refractivity contribution in [1.82, 2.24) is 0 Å². The van der Waals surface area contributed by atoms with Crippen LogP contribution < -0.4 is 4.74 Å². The number of methoxy groups -OCH3 is 1. The van der Waals surface area contributed by atoms with Crippen molar-refractivity contribution in [2.75, 3.05) is 7.11 Å². The highest BCUT2D eigenvalue weighted by molar-refractivity contribution is 6.16. The van der Waals surface area contributed by atoms with Crippen molar-refractivity contribution in [2.45, 2.75) is 44.8 Å². The zero-order valence-corrected chi connectivity index (χ0v) is 16.0. The minimum atomic E-state index is -1.27. The molecule has 1 aromatic rings. The first-order valence-electron chi connectivity index (χ1n) is 9.28. The Morgan fingerprint density at radius 3 is 2.78 bits per heavy atom. The number of phenols is 1. The van der Waals surface area contributed by atoms with Crippen LogP contribution in [-0.4, -0.2) is 35.0 Å². The summed E-state index contributed by atoms with van der Waals surface area (Å²) in [6, 6.07) is 4.49. The van der Waals surface area contributed by atoms with Gasteiger partial charge in [-0.05, 0) is 32.4 Å². The third kappa shape index (κ3) is 2.15. The molecule has 5 nitrogen and oxygen atoms in total. The first kappa shape index (κ1) is 18.0. The monoisotopic (exact) mass is 368 g/mol. The van der Waals surface area contributed by atoms with Gasteiger partial charge in [-0.2, -0.15) is 0 Å². The number of Topliss-reactive ketones (excluding diaryl/α,β-unsaturated/α-hetero) is 2. The lowest BCUT2D eigenvalue weighted by Crippen LogP contribution is -2.75. The standard InChI is InChI=1S/C22H24O5/c1-12(2)7-8-21(26-4)20(25)14-9-13(3)22(21)17(10-14)19(24)16-6-5-15(23)11-18(16)27-22/h5-7,10-11,13-14,23H,8-9H2,1-4H3. The summed E-state index contributed by atoms with van der Waals surface area (Å²) >= 11 is 0. The summed E-state index contributed by atoms with van der Waals surface area (Å²) in [5.74, 6) is -0.324. The number of phenolic OH excluding ortho intramolecular Hbond substituents is 1. The summed E-state index contributed by atoms with van der Waals surface area (Å²) in [6.45, 7) is 5.93. The van der Waals surface area contributed by atoms with Crippen LogP contribution in [-0.2, 0) is 9.53 Å². The van der Waals surface area contributed by atoms with E-state index in [2.05, 4.69) is 0 Å². The molecule has 0 radical (unpaired) electrons. The van der Waals surface area contributed by atoms with E-state index in [-0.39, 0.29) is 29.2 Å². The Morgan fingerprint density at radius 1 is 1.37 bits per heavy atom. The molecule has 1 heterocycles. The smallest absolute Gasteiger partial charge is 0.196 e. The van der Waals surface area contributed by atoms with E-state index in [4.69, 9.17) is 9.47 Å². The lowest BCUT2D eigenvalue weighted by Gasteiger charge is -2.60. The predicted octanol–water partition coefficient (Wildman–Crippen LogP) is 3.61. The van der Waals surface area contributed by atoms with Crippen LogP contribution in [0.4, 0.5) is 0 Å². The third-order valence-corrected chi connectivity index (χ3v) is 6.28. The summed E-state index contributed by atoms with van der Waals surface area (Å²) < 4.78 is 12.4. The minimum Gasteiger partial charge on any atom is -0.508 e. The van der Waals surface area contributed by atoms with E-state index in [1.54, 1.807) is 12.1 Å². The number of aromatic hydroxyl groups is 1. The largest absolute Gasteiger partial charge is 0.508 e. The molecule has 1 fully saturated rings. The third-order valence-electron chi connectivity index (χ3n) is 6.28. The lowest BCUT2D eigenvalue weighted by atomic mass is 9.51.